The number of amides is 1. The van der Waals surface area contributed by atoms with E-state index in [4.69, 9.17) is 22.3 Å². The highest BCUT2D eigenvalue weighted by atomic mass is 35.5. The van der Waals surface area contributed by atoms with E-state index in [-0.39, 0.29) is 17.7 Å². The molecule has 1 fully saturated rings. The molecule has 4 heterocycles. The van der Waals surface area contributed by atoms with E-state index in [1.54, 1.807) is 6.20 Å². The quantitative estimate of drug-likeness (QED) is 0.383. The van der Waals surface area contributed by atoms with Crippen molar-refractivity contribution in [2.24, 2.45) is 0 Å². The van der Waals surface area contributed by atoms with Crippen molar-refractivity contribution in [2.75, 3.05) is 36.6 Å². The number of fused-ring (bicyclic) bond motifs is 1. The van der Waals surface area contributed by atoms with E-state index in [9.17, 15) is 4.79 Å². The first-order valence-corrected chi connectivity index (χ1v) is 12.1. The van der Waals surface area contributed by atoms with Crippen molar-refractivity contribution < 1.29 is 4.79 Å². The normalized spacial score (nSPS) is 14.7. The van der Waals surface area contributed by atoms with Gasteiger partial charge in [-0.2, -0.15) is 10.1 Å². The Morgan fingerprint density at radius 1 is 1.27 bits per heavy atom. The Morgan fingerprint density at radius 2 is 2.06 bits per heavy atom. The predicted molar refractivity (Wildman–Crippen MR) is 130 cm³/mol. The predicted octanol–water partition coefficient (Wildman–Crippen LogP) is 3.32. The van der Waals surface area contributed by atoms with Crippen LogP contribution in [0, 0.1) is 6.92 Å². The van der Waals surface area contributed by atoms with Crippen molar-refractivity contribution in [3.63, 3.8) is 0 Å². The van der Waals surface area contributed by atoms with Gasteiger partial charge in [0, 0.05) is 25.8 Å². The second-order valence-corrected chi connectivity index (χ2v) is 8.84. The summed E-state index contributed by atoms with van der Waals surface area (Å²) in [6.45, 7) is 7.05. The van der Waals surface area contributed by atoms with Crippen LogP contribution in [-0.2, 0) is 11.3 Å². The number of alkyl halides is 1. The van der Waals surface area contributed by atoms with E-state index in [0.717, 1.165) is 62.1 Å². The van der Waals surface area contributed by atoms with Crippen molar-refractivity contribution in [3.05, 3.63) is 35.3 Å². The maximum absolute atomic E-state index is 11.8. The van der Waals surface area contributed by atoms with Gasteiger partial charge < -0.3 is 16.0 Å². The van der Waals surface area contributed by atoms with Gasteiger partial charge in [-0.1, -0.05) is 19.4 Å². The lowest BCUT2D eigenvalue weighted by Crippen LogP contribution is -2.38. The fourth-order valence-corrected chi connectivity index (χ4v) is 4.51. The van der Waals surface area contributed by atoms with E-state index < -0.39 is 0 Å². The number of nitrogens with two attached hydrogens (primary N) is 1. The van der Waals surface area contributed by atoms with Crippen LogP contribution < -0.4 is 11.1 Å². The van der Waals surface area contributed by atoms with E-state index in [1.807, 2.05) is 15.8 Å². The van der Waals surface area contributed by atoms with Crippen molar-refractivity contribution >= 4 is 40.3 Å². The monoisotopic (exact) mass is 470 g/mol. The summed E-state index contributed by atoms with van der Waals surface area (Å²) < 4.78 is 1.88. The molecule has 0 bridgehead atoms. The van der Waals surface area contributed by atoms with E-state index in [2.05, 4.69) is 40.3 Å². The highest BCUT2D eigenvalue weighted by molar-refractivity contribution is 6.27. The number of hydrogen-bond donors (Lipinski definition) is 2. The number of carbonyl (C=O) groups is 1. The first-order valence-electron chi connectivity index (χ1n) is 11.5. The SMILES string of the molecule is CCCCNc1nc(N)nc2cnn(Cc3ncc(C4CCN(C(=O)CCl)CC4)cc3C)c12. The number of nitrogens with zero attached hydrogens (tertiary/aromatic N) is 6. The highest BCUT2D eigenvalue weighted by Crippen LogP contribution is 2.29. The summed E-state index contributed by atoms with van der Waals surface area (Å²) in [6, 6.07) is 2.21. The molecule has 0 saturated carbocycles. The molecule has 9 nitrogen and oxygen atoms in total. The molecule has 0 radical (unpaired) electrons. The van der Waals surface area contributed by atoms with Crippen LogP contribution in [0.4, 0.5) is 11.8 Å². The summed E-state index contributed by atoms with van der Waals surface area (Å²) in [5.74, 6) is 1.41. The van der Waals surface area contributed by atoms with Crippen LogP contribution in [0.1, 0.15) is 55.3 Å². The molecule has 0 unspecified atom stereocenters. The number of aryl methyl sites for hydroxylation is 1. The molecule has 1 aliphatic rings. The third-order valence-corrected chi connectivity index (χ3v) is 6.50. The van der Waals surface area contributed by atoms with Gasteiger partial charge in [-0.15, -0.1) is 11.6 Å². The lowest BCUT2D eigenvalue weighted by molar-refractivity contribution is -0.129. The molecule has 0 atom stereocenters. The molecule has 0 aromatic carbocycles. The summed E-state index contributed by atoms with van der Waals surface area (Å²) in [5.41, 5.74) is 10.7. The largest absolute Gasteiger partial charge is 0.368 e. The summed E-state index contributed by atoms with van der Waals surface area (Å²) in [5, 5.41) is 7.91. The number of likely N-dealkylation sites (tertiary alicyclic amines) is 1. The first-order chi connectivity index (χ1) is 16.0. The number of aromatic nitrogens is 5. The van der Waals surface area contributed by atoms with Crippen LogP contribution in [-0.4, -0.2) is 61.1 Å². The second kappa shape index (κ2) is 10.3. The number of nitrogen functional groups attached to an aromatic ring is 1. The Morgan fingerprint density at radius 3 is 2.76 bits per heavy atom. The van der Waals surface area contributed by atoms with Gasteiger partial charge >= 0.3 is 0 Å². The fourth-order valence-electron chi connectivity index (χ4n) is 4.35. The van der Waals surface area contributed by atoms with Crippen molar-refractivity contribution in [3.8, 4) is 0 Å². The standard InChI is InChI=1S/C23H31ClN8O/c1-3-4-7-26-22-21-18(29-23(25)30-22)13-28-32(21)14-19-15(2)10-17(12-27-19)16-5-8-31(9-6-16)20(33)11-24/h10,12-13,16H,3-9,11,14H2,1-2H3,(H3,25,26,29,30). The molecular formula is C23H31ClN8O. The second-order valence-electron chi connectivity index (χ2n) is 8.57. The smallest absolute Gasteiger partial charge is 0.237 e. The van der Waals surface area contributed by atoms with Crippen LogP contribution >= 0.6 is 11.6 Å². The zero-order chi connectivity index (χ0) is 23.4. The molecule has 0 aliphatic carbocycles. The topological polar surface area (TPSA) is 115 Å². The first kappa shape index (κ1) is 23.2. The zero-order valence-corrected chi connectivity index (χ0v) is 20.0. The molecule has 10 heteroatoms. The van der Waals surface area contributed by atoms with Gasteiger partial charge in [0.15, 0.2) is 5.82 Å². The summed E-state index contributed by atoms with van der Waals surface area (Å²) in [6.07, 6.45) is 7.68. The third-order valence-electron chi connectivity index (χ3n) is 6.27. The van der Waals surface area contributed by atoms with Gasteiger partial charge in [-0.25, -0.2) is 4.98 Å². The molecule has 1 amide bonds. The highest BCUT2D eigenvalue weighted by Gasteiger charge is 2.24. The number of hydrogen-bond acceptors (Lipinski definition) is 7. The van der Waals surface area contributed by atoms with Crippen LogP contribution in [0.5, 0.6) is 0 Å². The number of nitrogens with one attached hydrogen (secondary N) is 1. The van der Waals surface area contributed by atoms with Gasteiger partial charge in [0.2, 0.25) is 11.9 Å². The fraction of sp³-hybridized carbons (Fsp3) is 0.522. The van der Waals surface area contributed by atoms with Gasteiger partial charge in [0.1, 0.15) is 16.9 Å². The maximum atomic E-state index is 11.8. The summed E-state index contributed by atoms with van der Waals surface area (Å²) in [4.78, 5) is 27.2. The van der Waals surface area contributed by atoms with E-state index in [1.165, 1.54) is 5.56 Å². The van der Waals surface area contributed by atoms with Crippen LogP contribution in [0.15, 0.2) is 18.5 Å². The Labute approximate surface area is 198 Å². The molecule has 0 spiro atoms. The molecular weight excluding hydrogens is 440 g/mol. The average molecular weight is 471 g/mol. The van der Waals surface area contributed by atoms with Gasteiger partial charge in [-0.05, 0) is 43.2 Å². The molecule has 3 aromatic rings. The lowest BCUT2D eigenvalue weighted by atomic mass is 9.89. The van der Waals surface area contributed by atoms with Gasteiger partial charge in [-0.3, -0.25) is 14.5 Å². The number of piperidine rings is 1. The molecule has 33 heavy (non-hydrogen) atoms. The Kier molecular flexibility index (Phi) is 7.27. The van der Waals surface area contributed by atoms with E-state index >= 15 is 0 Å². The molecule has 1 aliphatic heterocycles. The molecule has 3 aromatic heterocycles. The zero-order valence-electron chi connectivity index (χ0n) is 19.2. The van der Waals surface area contributed by atoms with Gasteiger partial charge in [0.25, 0.3) is 0 Å². The van der Waals surface area contributed by atoms with Gasteiger partial charge in [0.05, 0.1) is 18.4 Å². The number of halogens is 1. The minimum atomic E-state index is 0.0144. The van der Waals surface area contributed by atoms with Crippen LogP contribution in [0.2, 0.25) is 0 Å². The van der Waals surface area contributed by atoms with Crippen molar-refractivity contribution in [1.29, 1.82) is 0 Å². The Bertz CT molecular complexity index is 1120. The minimum absolute atomic E-state index is 0.0144. The van der Waals surface area contributed by atoms with E-state index in [0.29, 0.717) is 23.8 Å². The molecule has 176 valence electrons. The number of rotatable bonds is 8. The average Bonchev–Trinajstić information content (AvgIpc) is 3.22. The van der Waals surface area contributed by atoms with Crippen LogP contribution in [0.25, 0.3) is 11.0 Å². The number of anilines is 2. The molecule has 1 saturated heterocycles. The van der Waals surface area contributed by atoms with Crippen molar-refractivity contribution in [1.82, 2.24) is 29.6 Å². The van der Waals surface area contributed by atoms with Crippen LogP contribution in [0.3, 0.4) is 0 Å². The summed E-state index contributed by atoms with van der Waals surface area (Å²) in [7, 11) is 0. The summed E-state index contributed by atoms with van der Waals surface area (Å²) >= 11 is 5.69. The third kappa shape index (κ3) is 5.19. The number of pyridine rings is 1. The molecule has 4 rings (SSSR count). The lowest BCUT2D eigenvalue weighted by Gasteiger charge is -2.32. The maximum Gasteiger partial charge on any atom is 0.237 e. The number of carbonyl (C=O) groups excluding carboxylic acids is 1. The Balaban J connectivity index is 1.51. The Hall–Kier alpha value is -2.94. The minimum Gasteiger partial charge on any atom is -0.368 e. The number of unbranched alkanes of at least 4 members (excludes halogenated alkanes) is 1. The molecule has 3 N–H and O–H groups in total. The van der Waals surface area contributed by atoms with Crippen molar-refractivity contribution in [2.45, 2.75) is 52.0 Å².